The van der Waals surface area contributed by atoms with E-state index in [9.17, 15) is 4.79 Å². The summed E-state index contributed by atoms with van der Waals surface area (Å²) in [6, 6.07) is 3.64. The van der Waals surface area contributed by atoms with Crippen LogP contribution in [-0.4, -0.2) is 22.2 Å². The quantitative estimate of drug-likeness (QED) is 0.589. The highest BCUT2D eigenvalue weighted by atomic mass is 16.4. The van der Waals surface area contributed by atoms with Gasteiger partial charge in [-0.3, -0.25) is 0 Å². The minimum absolute atomic E-state index is 0.604. The summed E-state index contributed by atoms with van der Waals surface area (Å²) in [4.78, 5) is 14.8. The molecule has 5 nitrogen and oxygen atoms in total. The number of pyridine rings is 1. The van der Waals surface area contributed by atoms with Crippen LogP contribution in [0.15, 0.2) is 12.1 Å². The second-order valence-corrected chi connectivity index (χ2v) is 2.91. The first-order valence-electron chi connectivity index (χ1n) is 3.90. The summed E-state index contributed by atoms with van der Waals surface area (Å²) in [6.45, 7) is 1.86. The summed E-state index contributed by atoms with van der Waals surface area (Å²) in [5, 5.41) is 14.2. The third-order valence-electron chi connectivity index (χ3n) is 1.86. The fraction of sp³-hybridized carbons (Fsp3) is 0.250. The molecule has 0 aliphatic carbocycles. The molecule has 1 unspecified atom stereocenters. The summed E-state index contributed by atoms with van der Waals surface area (Å²) in [6.07, 6.45) is -0.760. The van der Waals surface area contributed by atoms with Crippen molar-refractivity contribution in [1.29, 1.82) is 0 Å². The SMILES string of the molecule is Cc1ccc2c(n1)NC(C(=O)O)N2. The van der Waals surface area contributed by atoms with Gasteiger partial charge >= 0.3 is 5.97 Å². The standard InChI is InChI=1S/C8H9N3O2/c1-4-2-3-5-6(9-4)11-7(10-5)8(12)13/h2-3,7,10H,1H3,(H,9,11)(H,12,13). The predicted molar refractivity (Wildman–Crippen MR) is 47.6 cm³/mol. The van der Waals surface area contributed by atoms with Crippen molar-refractivity contribution in [3.05, 3.63) is 17.8 Å². The van der Waals surface area contributed by atoms with Crippen LogP contribution in [0.3, 0.4) is 0 Å². The zero-order valence-electron chi connectivity index (χ0n) is 7.03. The fourth-order valence-electron chi connectivity index (χ4n) is 1.23. The van der Waals surface area contributed by atoms with E-state index in [2.05, 4.69) is 15.6 Å². The smallest absolute Gasteiger partial charge is 0.347 e. The van der Waals surface area contributed by atoms with Crippen molar-refractivity contribution in [1.82, 2.24) is 4.98 Å². The van der Waals surface area contributed by atoms with E-state index in [-0.39, 0.29) is 0 Å². The summed E-state index contributed by atoms with van der Waals surface area (Å²) in [5.74, 6) is -0.331. The molecule has 1 aromatic heterocycles. The molecule has 0 amide bonds. The Bertz CT molecular complexity index is 364. The van der Waals surface area contributed by atoms with Gasteiger partial charge in [0.15, 0.2) is 12.0 Å². The van der Waals surface area contributed by atoms with E-state index < -0.39 is 12.1 Å². The van der Waals surface area contributed by atoms with Crippen molar-refractivity contribution < 1.29 is 9.90 Å². The summed E-state index contributed by atoms with van der Waals surface area (Å²) in [5.41, 5.74) is 1.59. The van der Waals surface area contributed by atoms with Gasteiger partial charge in [-0.2, -0.15) is 0 Å². The van der Waals surface area contributed by atoms with Gasteiger partial charge in [0.05, 0.1) is 5.69 Å². The van der Waals surface area contributed by atoms with Gasteiger partial charge in [-0.1, -0.05) is 0 Å². The number of anilines is 2. The molecule has 0 saturated carbocycles. The molecule has 0 spiro atoms. The molecule has 1 aromatic rings. The third-order valence-corrected chi connectivity index (χ3v) is 1.86. The maximum absolute atomic E-state index is 10.6. The number of aliphatic carboxylic acids is 1. The van der Waals surface area contributed by atoms with Gasteiger partial charge in [0, 0.05) is 5.69 Å². The first-order chi connectivity index (χ1) is 6.16. The van der Waals surface area contributed by atoms with E-state index in [1.807, 2.05) is 19.1 Å². The number of rotatable bonds is 1. The molecular weight excluding hydrogens is 170 g/mol. The largest absolute Gasteiger partial charge is 0.478 e. The number of nitrogens with zero attached hydrogens (tertiary/aromatic N) is 1. The Morgan fingerprint density at radius 1 is 1.54 bits per heavy atom. The lowest BCUT2D eigenvalue weighted by molar-refractivity contribution is -0.137. The fourth-order valence-corrected chi connectivity index (χ4v) is 1.23. The van der Waals surface area contributed by atoms with Crippen LogP contribution in [0.2, 0.25) is 0 Å². The number of carboxylic acids is 1. The predicted octanol–water partition coefficient (Wildman–Crippen LogP) is 0.638. The second kappa shape index (κ2) is 2.62. The highest BCUT2D eigenvalue weighted by molar-refractivity contribution is 5.87. The molecule has 1 aliphatic heterocycles. The van der Waals surface area contributed by atoms with Crippen molar-refractivity contribution in [2.45, 2.75) is 13.1 Å². The second-order valence-electron chi connectivity index (χ2n) is 2.91. The third kappa shape index (κ3) is 1.28. The summed E-state index contributed by atoms with van der Waals surface area (Å²) in [7, 11) is 0. The van der Waals surface area contributed by atoms with Gasteiger partial charge in [-0.05, 0) is 19.1 Å². The van der Waals surface area contributed by atoms with E-state index in [0.29, 0.717) is 5.82 Å². The molecule has 0 aromatic carbocycles. The molecule has 0 bridgehead atoms. The molecular formula is C8H9N3O2. The van der Waals surface area contributed by atoms with Gasteiger partial charge in [0.2, 0.25) is 0 Å². The number of hydrogen-bond donors (Lipinski definition) is 3. The monoisotopic (exact) mass is 179 g/mol. The van der Waals surface area contributed by atoms with E-state index in [0.717, 1.165) is 11.4 Å². The highest BCUT2D eigenvalue weighted by Crippen LogP contribution is 2.26. The van der Waals surface area contributed by atoms with Crippen LogP contribution in [0.4, 0.5) is 11.5 Å². The molecule has 1 atom stereocenters. The lowest BCUT2D eigenvalue weighted by Gasteiger charge is -2.03. The van der Waals surface area contributed by atoms with Gasteiger partial charge < -0.3 is 15.7 Å². The lowest BCUT2D eigenvalue weighted by atomic mass is 10.3. The van der Waals surface area contributed by atoms with Crippen molar-refractivity contribution in [3.63, 3.8) is 0 Å². The molecule has 2 heterocycles. The van der Waals surface area contributed by atoms with Crippen LogP contribution >= 0.6 is 0 Å². The Kier molecular flexibility index (Phi) is 1.58. The average Bonchev–Trinajstić information content (AvgIpc) is 2.46. The molecule has 13 heavy (non-hydrogen) atoms. The lowest BCUT2D eigenvalue weighted by Crippen LogP contribution is -2.31. The maximum Gasteiger partial charge on any atom is 0.347 e. The van der Waals surface area contributed by atoms with Gasteiger partial charge in [0.25, 0.3) is 0 Å². The number of hydrogen-bond acceptors (Lipinski definition) is 4. The van der Waals surface area contributed by atoms with Crippen molar-refractivity contribution in [2.24, 2.45) is 0 Å². The molecule has 2 rings (SSSR count). The Morgan fingerprint density at radius 2 is 2.31 bits per heavy atom. The molecule has 0 radical (unpaired) electrons. The van der Waals surface area contributed by atoms with Crippen molar-refractivity contribution in [2.75, 3.05) is 10.6 Å². The highest BCUT2D eigenvalue weighted by Gasteiger charge is 2.25. The number of fused-ring (bicyclic) bond motifs is 1. The van der Waals surface area contributed by atoms with Gasteiger partial charge in [-0.25, -0.2) is 9.78 Å². The zero-order valence-corrected chi connectivity index (χ0v) is 7.03. The van der Waals surface area contributed by atoms with E-state index in [1.165, 1.54) is 0 Å². The van der Waals surface area contributed by atoms with Gasteiger partial charge in [0.1, 0.15) is 0 Å². The number of aryl methyl sites for hydroxylation is 1. The van der Waals surface area contributed by atoms with Crippen LogP contribution in [0.1, 0.15) is 5.69 Å². The molecule has 0 fully saturated rings. The van der Waals surface area contributed by atoms with Crippen LogP contribution < -0.4 is 10.6 Å². The normalized spacial score (nSPS) is 18.7. The van der Waals surface area contributed by atoms with Crippen molar-refractivity contribution >= 4 is 17.5 Å². The van der Waals surface area contributed by atoms with Crippen LogP contribution in [-0.2, 0) is 4.79 Å². The van der Waals surface area contributed by atoms with Gasteiger partial charge in [-0.15, -0.1) is 0 Å². The molecule has 0 saturated heterocycles. The van der Waals surface area contributed by atoms with Crippen molar-refractivity contribution in [3.8, 4) is 0 Å². The number of carbonyl (C=O) groups is 1. The Morgan fingerprint density at radius 3 is 3.00 bits per heavy atom. The molecule has 1 aliphatic rings. The Hall–Kier alpha value is -1.78. The zero-order chi connectivity index (χ0) is 9.42. The molecule has 5 heteroatoms. The van der Waals surface area contributed by atoms with Crippen LogP contribution in [0.25, 0.3) is 0 Å². The minimum atomic E-state index is -0.935. The number of nitrogens with one attached hydrogen (secondary N) is 2. The first-order valence-corrected chi connectivity index (χ1v) is 3.90. The van der Waals surface area contributed by atoms with Crippen LogP contribution in [0.5, 0.6) is 0 Å². The summed E-state index contributed by atoms with van der Waals surface area (Å²) < 4.78 is 0. The number of aromatic nitrogens is 1. The average molecular weight is 179 g/mol. The molecule has 3 N–H and O–H groups in total. The first kappa shape index (κ1) is 7.85. The molecule has 68 valence electrons. The van der Waals surface area contributed by atoms with E-state index in [4.69, 9.17) is 5.11 Å². The van der Waals surface area contributed by atoms with E-state index >= 15 is 0 Å². The summed E-state index contributed by atoms with van der Waals surface area (Å²) >= 11 is 0. The maximum atomic E-state index is 10.6. The topological polar surface area (TPSA) is 74.2 Å². The van der Waals surface area contributed by atoms with E-state index in [1.54, 1.807) is 0 Å². The van der Waals surface area contributed by atoms with Crippen LogP contribution in [0, 0.1) is 6.92 Å². The Labute approximate surface area is 74.8 Å². The Balaban J connectivity index is 2.30. The minimum Gasteiger partial charge on any atom is -0.478 e. The number of carboxylic acid groups (broad SMARTS) is 1.